The van der Waals surface area contributed by atoms with Gasteiger partial charge in [-0.2, -0.15) is 4.52 Å². The first-order valence-electron chi connectivity index (χ1n) is 8.35. The zero-order chi connectivity index (χ0) is 17.8. The molecule has 0 aliphatic heterocycles. The van der Waals surface area contributed by atoms with Crippen LogP contribution in [0.4, 0.5) is 5.82 Å². The highest BCUT2D eigenvalue weighted by atomic mass is 16.3. The van der Waals surface area contributed by atoms with Gasteiger partial charge in [0.1, 0.15) is 5.82 Å². The zero-order valence-electron chi connectivity index (χ0n) is 14.8. The van der Waals surface area contributed by atoms with E-state index in [2.05, 4.69) is 25.5 Å². The van der Waals surface area contributed by atoms with Crippen molar-refractivity contribution in [2.24, 2.45) is 5.92 Å². The van der Waals surface area contributed by atoms with Crippen LogP contribution in [0.25, 0.3) is 5.65 Å². The number of aliphatic hydroxyl groups is 1. The maximum atomic E-state index is 10.8. The molecule has 2 heterocycles. The van der Waals surface area contributed by atoms with Crippen LogP contribution in [0.3, 0.4) is 0 Å². The maximum absolute atomic E-state index is 10.8. The number of rotatable bonds is 7. The quantitative estimate of drug-likeness (QED) is 0.682. The monoisotopic (exact) mass is 340 g/mol. The van der Waals surface area contributed by atoms with Gasteiger partial charge in [-0.3, -0.25) is 0 Å². The van der Waals surface area contributed by atoms with Gasteiger partial charge in [-0.1, -0.05) is 30.3 Å². The van der Waals surface area contributed by atoms with Gasteiger partial charge in [-0.05, 0) is 38.7 Å². The highest BCUT2D eigenvalue weighted by molar-refractivity contribution is 5.43. The predicted octanol–water partition coefficient (Wildman–Crippen LogP) is 1.76. The van der Waals surface area contributed by atoms with E-state index in [9.17, 15) is 5.11 Å². The topological polar surface area (TPSA) is 78.6 Å². The van der Waals surface area contributed by atoms with Gasteiger partial charge in [0.2, 0.25) is 0 Å². The fraction of sp³-hybridized carbons (Fsp3) is 0.389. The molecule has 2 aromatic heterocycles. The van der Waals surface area contributed by atoms with Crippen LogP contribution >= 0.6 is 0 Å². The molecule has 0 saturated heterocycles. The molecule has 132 valence electrons. The van der Waals surface area contributed by atoms with Crippen LogP contribution in [0.5, 0.6) is 0 Å². The normalized spacial score (nSPS) is 14.0. The van der Waals surface area contributed by atoms with E-state index in [0.29, 0.717) is 6.54 Å². The Morgan fingerprint density at radius 3 is 2.60 bits per heavy atom. The molecule has 3 aromatic rings. The molecule has 0 unspecified atom stereocenters. The van der Waals surface area contributed by atoms with E-state index in [-0.39, 0.29) is 5.92 Å². The van der Waals surface area contributed by atoms with E-state index < -0.39 is 6.10 Å². The molecule has 2 atom stereocenters. The molecule has 3 rings (SSSR count). The van der Waals surface area contributed by atoms with Crippen LogP contribution < -0.4 is 5.32 Å². The van der Waals surface area contributed by atoms with E-state index in [0.717, 1.165) is 29.4 Å². The van der Waals surface area contributed by atoms with Crippen molar-refractivity contribution in [1.29, 1.82) is 0 Å². The SMILES string of the molecule is Cc1nnc2ccc(NC[C@@H](CN(C)C)[C@H](O)c3ccccc3)nn12. The minimum absolute atomic E-state index is 0.0249. The van der Waals surface area contributed by atoms with Gasteiger partial charge in [0, 0.05) is 19.0 Å². The Morgan fingerprint density at radius 1 is 1.12 bits per heavy atom. The highest BCUT2D eigenvalue weighted by Crippen LogP contribution is 2.23. The first kappa shape index (κ1) is 17.3. The summed E-state index contributed by atoms with van der Waals surface area (Å²) in [7, 11) is 4.02. The molecule has 0 saturated carbocycles. The molecule has 7 nitrogen and oxygen atoms in total. The van der Waals surface area contributed by atoms with E-state index in [4.69, 9.17) is 0 Å². The van der Waals surface area contributed by atoms with Crippen molar-refractivity contribution in [2.75, 3.05) is 32.5 Å². The first-order valence-corrected chi connectivity index (χ1v) is 8.35. The van der Waals surface area contributed by atoms with Crippen LogP contribution in [0.2, 0.25) is 0 Å². The number of hydrogen-bond acceptors (Lipinski definition) is 6. The van der Waals surface area contributed by atoms with E-state index >= 15 is 0 Å². The summed E-state index contributed by atoms with van der Waals surface area (Å²) in [6, 6.07) is 13.5. The second-order valence-electron chi connectivity index (χ2n) is 6.49. The molecule has 0 fully saturated rings. The number of benzene rings is 1. The minimum Gasteiger partial charge on any atom is -0.388 e. The average Bonchev–Trinajstić information content (AvgIpc) is 2.99. The molecule has 25 heavy (non-hydrogen) atoms. The van der Waals surface area contributed by atoms with Gasteiger partial charge in [0.25, 0.3) is 0 Å². The molecule has 0 amide bonds. The Labute approximate surface area is 147 Å². The lowest BCUT2D eigenvalue weighted by Crippen LogP contribution is -2.32. The number of nitrogens with one attached hydrogen (secondary N) is 1. The number of aromatic nitrogens is 4. The Morgan fingerprint density at radius 2 is 1.88 bits per heavy atom. The van der Waals surface area contributed by atoms with Crippen molar-refractivity contribution in [3.63, 3.8) is 0 Å². The molecule has 0 aliphatic rings. The van der Waals surface area contributed by atoms with Gasteiger partial charge < -0.3 is 15.3 Å². The Hall–Kier alpha value is -2.51. The maximum Gasteiger partial charge on any atom is 0.178 e. The second-order valence-corrected chi connectivity index (χ2v) is 6.49. The molecule has 0 radical (unpaired) electrons. The summed E-state index contributed by atoms with van der Waals surface area (Å²) in [6.07, 6.45) is -0.545. The average molecular weight is 340 g/mol. The van der Waals surface area contributed by atoms with Crippen LogP contribution in [0, 0.1) is 12.8 Å². The highest BCUT2D eigenvalue weighted by Gasteiger charge is 2.21. The van der Waals surface area contributed by atoms with Crippen molar-refractivity contribution in [3.05, 3.63) is 53.9 Å². The summed E-state index contributed by atoms with van der Waals surface area (Å²) in [6.45, 7) is 3.23. The van der Waals surface area contributed by atoms with Crippen molar-refractivity contribution >= 4 is 11.5 Å². The molecule has 0 aliphatic carbocycles. The van der Waals surface area contributed by atoms with Crippen molar-refractivity contribution in [2.45, 2.75) is 13.0 Å². The Kier molecular flexibility index (Phi) is 5.25. The summed E-state index contributed by atoms with van der Waals surface area (Å²) in [5, 5.41) is 26.7. The first-order chi connectivity index (χ1) is 12.0. The second kappa shape index (κ2) is 7.58. The van der Waals surface area contributed by atoms with Gasteiger partial charge in [-0.25, -0.2) is 0 Å². The molecule has 2 N–H and O–H groups in total. The zero-order valence-corrected chi connectivity index (χ0v) is 14.8. The minimum atomic E-state index is -0.545. The van der Waals surface area contributed by atoms with E-state index in [1.165, 1.54) is 0 Å². The summed E-state index contributed by atoms with van der Waals surface area (Å²) in [4.78, 5) is 2.08. The number of nitrogens with zero attached hydrogens (tertiary/aromatic N) is 5. The van der Waals surface area contributed by atoms with E-state index in [1.54, 1.807) is 4.52 Å². The van der Waals surface area contributed by atoms with Gasteiger partial charge in [0.15, 0.2) is 11.5 Å². The van der Waals surface area contributed by atoms with Crippen molar-refractivity contribution in [1.82, 2.24) is 24.7 Å². The molecule has 0 spiro atoms. The third-order valence-electron chi connectivity index (χ3n) is 4.15. The lowest BCUT2D eigenvalue weighted by Gasteiger charge is -2.26. The summed E-state index contributed by atoms with van der Waals surface area (Å²) < 4.78 is 1.71. The smallest absolute Gasteiger partial charge is 0.178 e. The largest absolute Gasteiger partial charge is 0.388 e. The standard InChI is InChI=1S/C18H24N6O/c1-13-20-21-17-10-9-16(22-24(13)17)19-11-15(12-23(2)3)18(25)14-7-5-4-6-8-14/h4-10,15,18,25H,11-12H2,1-3H3,(H,19,22)/t15-,18+/m0/s1. The fourth-order valence-electron chi connectivity index (χ4n) is 2.89. The lowest BCUT2D eigenvalue weighted by molar-refractivity contribution is 0.0969. The Bertz CT molecular complexity index is 817. The molecule has 1 aromatic carbocycles. The third-order valence-corrected chi connectivity index (χ3v) is 4.15. The summed E-state index contributed by atoms with van der Waals surface area (Å²) in [5.41, 5.74) is 1.64. The van der Waals surface area contributed by atoms with Crippen molar-refractivity contribution in [3.8, 4) is 0 Å². The molecule has 7 heteroatoms. The van der Waals surface area contributed by atoms with E-state index in [1.807, 2.05) is 63.5 Å². The van der Waals surface area contributed by atoms with Crippen molar-refractivity contribution < 1.29 is 5.11 Å². The van der Waals surface area contributed by atoms with Gasteiger partial charge in [0.05, 0.1) is 6.10 Å². The fourth-order valence-corrected chi connectivity index (χ4v) is 2.89. The summed E-state index contributed by atoms with van der Waals surface area (Å²) in [5.74, 6) is 1.50. The van der Waals surface area contributed by atoms with Crippen LogP contribution in [-0.2, 0) is 0 Å². The number of fused-ring (bicyclic) bond motifs is 1. The third kappa shape index (κ3) is 4.12. The molecular weight excluding hydrogens is 316 g/mol. The predicted molar refractivity (Wildman–Crippen MR) is 97.5 cm³/mol. The van der Waals surface area contributed by atoms with Crippen LogP contribution in [0.1, 0.15) is 17.5 Å². The number of hydrogen-bond donors (Lipinski definition) is 2. The lowest BCUT2D eigenvalue weighted by atomic mass is 9.95. The number of aryl methyl sites for hydroxylation is 1. The number of aliphatic hydroxyl groups excluding tert-OH is 1. The molecule has 0 bridgehead atoms. The van der Waals surface area contributed by atoms with Crippen LogP contribution in [-0.4, -0.2) is 57.0 Å². The number of anilines is 1. The Balaban J connectivity index is 1.74. The van der Waals surface area contributed by atoms with Crippen LogP contribution in [0.15, 0.2) is 42.5 Å². The van der Waals surface area contributed by atoms with Gasteiger partial charge >= 0.3 is 0 Å². The van der Waals surface area contributed by atoms with Gasteiger partial charge in [-0.15, -0.1) is 15.3 Å². The molecular formula is C18H24N6O. The summed E-state index contributed by atoms with van der Waals surface area (Å²) >= 11 is 0.